The summed E-state index contributed by atoms with van der Waals surface area (Å²) in [5, 5.41) is 12.2. The summed E-state index contributed by atoms with van der Waals surface area (Å²) < 4.78 is 0. The topological polar surface area (TPSA) is 49.3 Å². The first kappa shape index (κ1) is 18.2. The van der Waals surface area contributed by atoms with E-state index in [2.05, 4.69) is 37.4 Å². The summed E-state index contributed by atoms with van der Waals surface area (Å²) in [6.07, 6.45) is 2.65. The van der Waals surface area contributed by atoms with E-state index in [-0.39, 0.29) is 18.6 Å². The number of benzene rings is 2. The summed E-state index contributed by atoms with van der Waals surface area (Å²) in [4.78, 5) is 12.4. The maximum absolute atomic E-state index is 12.4. The Kier molecular flexibility index (Phi) is 7.01. The van der Waals surface area contributed by atoms with Crippen LogP contribution in [0.4, 0.5) is 0 Å². The molecule has 0 bridgehead atoms. The lowest BCUT2D eigenvalue weighted by atomic mass is 10.00. The fourth-order valence-electron chi connectivity index (χ4n) is 2.94. The minimum Gasteiger partial charge on any atom is -0.396 e. The molecule has 0 aliphatic carbocycles. The Hall–Kier alpha value is -2.13. The standard InChI is InChI=1S/C21H27NO2/c1-16-10-11-18(17(2)15-16)12-13-21(24)22-20(9-6-14-23)19-7-4-3-5-8-19/h3-5,7-8,10-11,15,20,23H,6,9,12-14H2,1-2H3,(H,22,24). The van der Waals surface area contributed by atoms with Crippen LogP contribution in [0, 0.1) is 13.8 Å². The maximum Gasteiger partial charge on any atom is 0.220 e. The summed E-state index contributed by atoms with van der Waals surface area (Å²) in [7, 11) is 0. The highest BCUT2D eigenvalue weighted by atomic mass is 16.3. The molecule has 2 N–H and O–H groups in total. The molecule has 0 saturated carbocycles. The van der Waals surface area contributed by atoms with Crippen molar-refractivity contribution in [2.24, 2.45) is 0 Å². The molecule has 3 heteroatoms. The average Bonchev–Trinajstić information content (AvgIpc) is 2.58. The zero-order chi connectivity index (χ0) is 17.4. The van der Waals surface area contributed by atoms with Crippen molar-refractivity contribution in [1.29, 1.82) is 0 Å². The number of rotatable bonds is 8. The Morgan fingerprint density at radius 3 is 2.54 bits per heavy atom. The van der Waals surface area contributed by atoms with Crippen molar-refractivity contribution in [2.45, 2.75) is 45.6 Å². The molecule has 1 unspecified atom stereocenters. The Morgan fingerprint density at radius 1 is 1.12 bits per heavy atom. The quantitative estimate of drug-likeness (QED) is 0.774. The fourth-order valence-corrected chi connectivity index (χ4v) is 2.94. The molecule has 1 atom stereocenters. The third-order valence-corrected chi connectivity index (χ3v) is 4.31. The van der Waals surface area contributed by atoms with Crippen LogP contribution in [0.2, 0.25) is 0 Å². The van der Waals surface area contributed by atoms with Crippen molar-refractivity contribution < 1.29 is 9.90 Å². The van der Waals surface area contributed by atoms with Crippen LogP contribution in [0.1, 0.15) is 47.6 Å². The van der Waals surface area contributed by atoms with Gasteiger partial charge in [-0.25, -0.2) is 0 Å². The number of carbonyl (C=O) groups is 1. The van der Waals surface area contributed by atoms with Crippen LogP contribution in [-0.2, 0) is 11.2 Å². The van der Waals surface area contributed by atoms with Crippen LogP contribution < -0.4 is 5.32 Å². The lowest BCUT2D eigenvalue weighted by Crippen LogP contribution is -2.29. The van der Waals surface area contributed by atoms with Crippen LogP contribution in [0.5, 0.6) is 0 Å². The highest BCUT2D eigenvalue weighted by Crippen LogP contribution is 2.19. The molecule has 0 aliphatic rings. The fraction of sp³-hybridized carbons (Fsp3) is 0.381. The molecule has 1 amide bonds. The summed E-state index contributed by atoms with van der Waals surface area (Å²) in [5.74, 6) is 0.0572. The summed E-state index contributed by atoms with van der Waals surface area (Å²) in [5.41, 5.74) is 4.80. The third kappa shape index (κ3) is 5.50. The average molecular weight is 325 g/mol. The van der Waals surface area contributed by atoms with Crippen molar-refractivity contribution in [3.05, 3.63) is 70.8 Å². The molecule has 0 saturated heterocycles. The minimum atomic E-state index is -0.0371. The molecular weight excluding hydrogens is 298 g/mol. The molecule has 2 aromatic rings. The van der Waals surface area contributed by atoms with Gasteiger partial charge in [0.25, 0.3) is 0 Å². The van der Waals surface area contributed by atoms with Crippen molar-refractivity contribution in [3.63, 3.8) is 0 Å². The van der Waals surface area contributed by atoms with Gasteiger partial charge in [0.2, 0.25) is 5.91 Å². The van der Waals surface area contributed by atoms with Gasteiger partial charge < -0.3 is 10.4 Å². The number of aliphatic hydroxyl groups excluding tert-OH is 1. The minimum absolute atomic E-state index is 0.0371. The van der Waals surface area contributed by atoms with E-state index in [9.17, 15) is 4.79 Å². The van der Waals surface area contributed by atoms with Gasteiger partial charge in [0, 0.05) is 13.0 Å². The predicted octanol–water partition coefficient (Wildman–Crippen LogP) is 3.87. The molecule has 2 rings (SSSR count). The lowest BCUT2D eigenvalue weighted by molar-refractivity contribution is -0.121. The molecule has 0 spiro atoms. The number of nitrogens with one attached hydrogen (secondary N) is 1. The van der Waals surface area contributed by atoms with Gasteiger partial charge in [0.1, 0.15) is 0 Å². The number of hydrogen-bond acceptors (Lipinski definition) is 2. The Labute approximate surface area is 144 Å². The SMILES string of the molecule is Cc1ccc(CCC(=O)NC(CCCO)c2ccccc2)c(C)c1. The smallest absolute Gasteiger partial charge is 0.220 e. The monoisotopic (exact) mass is 325 g/mol. The molecule has 3 nitrogen and oxygen atoms in total. The van der Waals surface area contributed by atoms with E-state index in [0.29, 0.717) is 12.8 Å². The van der Waals surface area contributed by atoms with Gasteiger partial charge in [-0.15, -0.1) is 0 Å². The van der Waals surface area contributed by atoms with Crippen LogP contribution in [-0.4, -0.2) is 17.6 Å². The van der Waals surface area contributed by atoms with E-state index < -0.39 is 0 Å². The molecule has 128 valence electrons. The predicted molar refractivity (Wildman–Crippen MR) is 97.9 cm³/mol. The zero-order valence-electron chi connectivity index (χ0n) is 14.6. The highest BCUT2D eigenvalue weighted by molar-refractivity contribution is 5.76. The van der Waals surface area contributed by atoms with Crippen molar-refractivity contribution in [2.75, 3.05) is 6.61 Å². The second-order valence-corrected chi connectivity index (χ2v) is 6.33. The second kappa shape index (κ2) is 9.24. The first-order valence-corrected chi connectivity index (χ1v) is 8.61. The molecule has 0 fully saturated rings. The number of amides is 1. The van der Waals surface area contributed by atoms with Gasteiger partial charge >= 0.3 is 0 Å². The number of aryl methyl sites for hydroxylation is 3. The van der Waals surface area contributed by atoms with Crippen LogP contribution in [0.25, 0.3) is 0 Å². The number of aliphatic hydroxyl groups is 1. The van der Waals surface area contributed by atoms with Crippen LogP contribution in [0.15, 0.2) is 48.5 Å². The van der Waals surface area contributed by atoms with Gasteiger partial charge in [-0.1, -0.05) is 54.1 Å². The lowest BCUT2D eigenvalue weighted by Gasteiger charge is -2.19. The summed E-state index contributed by atoms with van der Waals surface area (Å²) >= 11 is 0. The van der Waals surface area contributed by atoms with Gasteiger partial charge in [0.15, 0.2) is 0 Å². The Morgan fingerprint density at radius 2 is 1.88 bits per heavy atom. The zero-order valence-corrected chi connectivity index (χ0v) is 14.6. The van der Waals surface area contributed by atoms with Gasteiger partial charge in [-0.3, -0.25) is 4.79 Å². The van der Waals surface area contributed by atoms with E-state index in [4.69, 9.17) is 5.11 Å². The van der Waals surface area contributed by atoms with Crippen molar-refractivity contribution >= 4 is 5.91 Å². The van der Waals surface area contributed by atoms with E-state index in [0.717, 1.165) is 18.4 Å². The summed E-state index contributed by atoms with van der Waals surface area (Å²) in [6.45, 7) is 4.31. The second-order valence-electron chi connectivity index (χ2n) is 6.33. The Balaban J connectivity index is 1.94. The number of carbonyl (C=O) groups excluding carboxylic acids is 1. The van der Waals surface area contributed by atoms with Crippen LogP contribution in [0.3, 0.4) is 0 Å². The Bertz CT molecular complexity index is 652. The van der Waals surface area contributed by atoms with E-state index in [1.54, 1.807) is 0 Å². The third-order valence-electron chi connectivity index (χ3n) is 4.31. The van der Waals surface area contributed by atoms with Crippen molar-refractivity contribution in [3.8, 4) is 0 Å². The maximum atomic E-state index is 12.4. The first-order valence-electron chi connectivity index (χ1n) is 8.61. The molecule has 0 aliphatic heterocycles. The van der Waals surface area contributed by atoms with Gasteiger partial charge in [-0.2, -0.15) is 0 Å². The molecule has 0 radical (unpaired) electrons. The van der Waals surface area contributed by atoms with Gasteiger partial charge in [-0.05, 0) is 49.8 Å². The largest absolute Gasteiger partial charge is 0.396 e. The molecule has 2 aromatic carbocycles. The summed E-state index contributed by atoms with van der Waals surface area (Å²) in [6, 6.07) is 16.3. The molecular formula is C21H27NO2. The molecule has 24 heavy (non-hydrogen) atoms. The van der Waals surface area contributed by atoms with E-state index in [1.807, 2.05) is 30.3 Å². The highest BCUT2D eigenvalue weighted by Gasteiger charge is 2.14. The number of hydrogen-bond donors (Lipinski definition) is 2. The molecule has 0 aromatic heterocycles. The van der Waals surface area contributed by atoms with Gasteiger partial charge in [0.05, 0.1) is 6.04 Å². The van der Waals surface area contributed by atoms with E-state index >= 15 is 0 Å². The first-order chi connectivity index (χ1) is 11.6. The van der Waals surface area contributed by atoms with Crippen molar-refractivity contribution in [1.82, 2.24) is 5.32 Å². The molecule has 0 heterocycles. The van der Waals surface area contributed by atoms with E-state index in [1.165, 1.54) is 16.7 Å². The normalized spacial score (nSPS) is 12.0. The van der Waals surface area contributed by atoms with Crippen LogP contribution >= 0.6 is 0 Å².